The maximum Gasteiger partial charge on any atom is 0.295 e. The molecule has 2 N–H and O–H groups in total. The number of ether oxygens (including phenoxy) is 1. The normalized spacial score (nSPS) is 18.0. The van der Waals surface area contributed by atoms with Crippen LogP contribution >= 0.6 is 0 Å². The van der Waals surface area contributed by atoms with Crippen LogP contribution in [0.3, 0.4) is 0 Å². The Morgan fingerprint density at radius 1 is 1.07 bits per heavy atom. The highest BCUT2D eigenvalue weighted by atomic mass is 16.5. The third-order valence-corrected chi connectivity index (χ3v) is 5.19. The first-order valence-electron chi connectivity index (χ1n) is 9.70. The standard InChI is InChI=1S/C23H26N2O5/c1-24(2)17-9-5-15(6-10-17)20-19(22(28)23(29)25(20)13-4-14-26)21(27)16-7-11-18(30-3)12-8-16/h5-12,20,26-27H,4,13-14H2,1-3H3/t20-/m0/s1. The summed E-state index contributed by atoms with van der Waals surface area (Å²) in [4.78, 5) is 29.0. The van der Waals surface area contributed by atoms with Crippen molar-refractivity contribution in [1.29, 1.82) is 0 Å². The Hall–Kier alpha value is -3.32. The first-order valence-corrected chi connectivity index (χ1v) is 9.70. The SMILES string of the molecule is COc1ccc(C(O)=C2C(=O)C(=O)N(CCCO)[C@H]2c2ccc(N(C)C)cc2)cc1. The van der Waals surface area contributed by atoms with E-state index >= 15 is 0 Å². The number of likely N-dealkylation sites (tertiary alicyclic amines) is 1. The van der Waals surface area contributed by atoms with Gasteiger partial charge in [-0.05, 0) is 48.4 Å². The first kappa shape index (κ1) is 21.4. The van der Waals surface area contributed by atoms with E-state index in [0.29, 0.717) is 23.3 Å². The van der Waals surface area contributed by atoms with Crippen molar-refractivity contribution < 1.29 is 24.5 Å². The van der Waals surface area contributed by atoms with Crippen LogP contribution in [0.4, 0.5) is 5.69 Å². The summed E-state index contributed by atoms with van der Waals surface area (Å²) in [5.74, 6) is -1.03. The van der Waals surface area contributed by atoms with Crippen molar-refractivity contribution in [3.63, 3.8) is 0 Å². The van der Waals surface area contributed by atoms with E-state index in [1.807, 2.05) is 43.3 Å². The maximum absolute atomic E-state index is 12.9. The number of carbonyl (C=O) groups is 2. The van der Waals surface area contributed by atoms with Gasteiger partial charge in [0.05, 0.1) is 18.7 Å². The van der Waals surface area contributed by atoms with Gasteiger partial charge < -0.3 is 24.7 Å². The highest BCUT2D eigenvalue weighted by Gasteiger charge is 2.45. The van der Waals surface area contributed by atoms with E-state index in [0.717, 1.165) is 5.69 Å². The maximum atomic E-state index is 12.9. The molecule has 0 aromatic heterocycles. The van der Waals surface area contributed by atoms with Crippen molar-refractivity contribution in [3.05, 3.63) is 65.2 Å². The van der Waals surface area contributed by atoms with Crippen LogP contribution in [0.25, 0.3) is 5.76 Å². The van der Waals surface area contributed by atoms with E-state index in [2.05, 4.69) is 0 Å². The summed E-state index contributed by atoms with van der Waals surface area (Å²) in [6, 6.07) is 13.4. The summed E-state index contributed by atoms with van der Waals surface area (Å²) in [6.45, 7) is 0.105. The summed E-state index contributed by atoms with van der Waals surface area (Å²) in [5, 5.41) is 20.2. The van der Waals surface area contributed by atoms with Crippen molar-refractivity contribution in [2.24, 2.45) is 0 Å². The summed E-state index contributed by atoms with van der Waals surface area (Å²) >= 11 is 0. The zero-order valence-electron chi connectivity index (χ0n) is 17.3. The molecule has 2 aromatic rings. The molecule has 0 bridgehead atoms. The smallest absolute Gasteiger partial charge is 0.295 e. The summed E-state index contributed by atoms with van der Waals surface area (Å²) < 4.78 is 5.14. The molecule has 1 aliphatic rings. The number of carbonyl (C=O) groups excluding carboxylic acids is 2. The molecule has 3 rings (SSSR count). The van der Waals surface area contributed by atoms with Crippen molar-refractivity contribution >= 4 is 23.1 Å². The van der Waals surface area contributed by atoms with Crippen LogP contribution in [0.5, 0.6) is 5.75 Å². The van der Waals surface area contributed by atoms with Crippen LogP contribution in [0.2, 0.25) is 0 Å². The number of Topliss-reactive ketones (excluding diaryl/α,β-unsaturated/α-hetero) is 1. The van der Waals surface area contributed by atoms with Crippen molar-refractivity contribution in [2.75, 3.05) is 39.3 Å². The zero-order chi connectivity index (χ0) is 21.8. The van der Waals surface area contributed by atoms with Crippen LogP contribution in [0, 0.1) is 0 Å². The second-order valence-corrected chi connectivity index (χ2v) is 7.28. The van der Waals surface area contributed by atoms with Crippen LogP contribution in [0.15, 0.2) is 54.1 Å². The summed E-state index contributed by atoms with van der Waals surface area (Å²) in [5.41, 5.74) is 2.15. The van der Waals surface area contributed by atoms with Gasteiger partial charge >= 0.3 is 0 Å². The minimum atomic E-state index is -0.733. The van der Waals surface area contributed by atoms with E-state index in [4.69, 9.17) is 4.74 Å². The molecule has 1 heterocycles. The molecule has 0 unspecified atom stereocenters. The number of hydrogen-bond donors (Lipinski definition) is 2. The molecular weight excluding hydrogens is 384 g/mol. The molecule has 7 nitrogen and oxygen atoms in total. The number of nitrogens with zero attached hydrogens (tertiary/aromatic N) is 2. The van der Waals surface area contributed by atoms with Gasteiger partial charge in [-0.1, -0.05) is 12.1 Å². The summed E-state index contributed by atoms with van der Waals surface area (Å²) in [7, 11) is 5.39. The van der Waals surface area contributed by atoms with E-state index in [1.54, 1.807) is 31.4 Å². The lowest BCUT2D eigenvalue weighted by atomic mass is 9.95. The largest absolute Gasteiger partial charge is 0.507 e. The predicted molar refractivity (Wildman–Crippen MR) is 114 cm³/mol. The molecule has 7 heteroatoms. The van der Waals surface area contributed by atoms with Crippen LogP contribution < -0.4 is 9.64 Å². The molecule has 158 valence electrons. The number of methoxy groups -OCH3 is 1. The number of benzene rings is 2. The van der Waals surface area contributed by atoms with E-state index in [9.17, 15) is 19.8 Å². The van der Waals surface area contributed by atoms with Gasteiger partial charge in [-0.15, -0.1) is 0 Å². The highest BCUT2D eigenvalue weighted by molar-refractivity contribution is 6.46. The number of aliphatic hydroxyl groups excluding tert-OH is 2. The summed E-state index contributed by atoms with van der Waals surface area (Å²) in [6.07, 6.45) is 0.335. The first-order chi connectivity index (χ1) is 14.4. The number of hydrogen-bond acceptors (Lipinski definition) is 6. The van der Waals surface area contributed by atoms with Gasteiger partial charge in [0.25, 0.3) is 11.7 Å². The van der Waals surface area contributed by atoms with Crippen LogP contribution in [-0.4, -0.2) is 61.2 Å². The number of rotatable bonds is 7. The fourth-order valence-electron chi connectivity index (χ4n) is 3.56. The Labute approximate surface area is 175 Å². The predicted octanol–water partition coefficient (Wildman–Crippen LogP) is 2.57. The Balaban J connectivity index is 2.11. The van der Waals surface area contributed by atoms with Gasteiger partial charge in [-0.3, -0.25) is 9.59 Å². The monoisotopic (exact) mass is 410 g/mol. The molecule has 1 atom stereocenters. The van der Waals surface area contributed by atoms with Gasteiger partial charge in [0.1, 0.15) is 11.5 Å². The number of anilines is 1. The molecule has 2 aromatic carbocycles. The lowest BCUT2D eigenvalue weighted by Gasteiger charge is -2.25. The number of amides is 1. The van der Waals surface area contributed by atoms with Gasteiger partial charge in [-0.25, -0.2) is 0 Å². The number of aliphatic hydroxyl groups is 2. The molecule has 30 heavy (non-hydrogen) atoms. The fourth-order valence-corrected chi connectivity index (χ4v) is 3.56. The molecule has 1 aliphatic heterocycles. The topological polar surface area (TPSA) is 90.3 Å². The third kappa shape index (κ3) is 4.02. The molecule has 1 amide bonds. The van der Waals surface area contributed by atoms with E-state index in [-0.39, 0.29) is 24.5 Å². The van der Waals surface area contributed by atoms with Crippen molar-refractivity contribution in [3.8, 4) is 5.75 Å². The van der Waals surface area contributed by atoms with Crippen LogP contribution in [-0.2, 0) is 9.59 Å². The van der Waals surface area contributed by atoms with Crippen molar-refractivity contribution in [2.45, 2.75) is 12.5 Å². The highest BCUT2D eigenvalue weighted by Crippen LogP contribution is 2.40. The quantitative estimate of drug-likeness (QED) is 0.414. The molecule has 1 fully saturated rings. The van der Waals surface area contributed by atoms with Crippen LogP contribution in [0.1, 0.15) is 23.6 Å². The minimum absolute atomic E-state index is 0.0423. The molecule has 0 radical (unpaired) electrons. The molecule has 0 aliphatic carbocycles. The fraction of sp³-hybridized carbons (Fsp3) is 0.304. The molecule has 1 saturated heterocycles. The minimum Gasteiger partial charge on any atom is -0.507 e. The number of ketones is 1. The molecule has 0 saturated carbocycles. The van der Waals surface area contributed by atoms with Gasteiger partial charge in [0.2, 0.25) is 0 Å². The third-order valence-electron chi connectivity index (χ3n) is 5.19. The van der Waals surface area contributed by atoms with Gasteiger partial charge in [0, 0.05) is 38.5 Å². The average Bonchev–Trinajstić information content (AvgIpc) is 3.02. The molecular formula is C23H26N2O5. The van der Waals surface area contributed by atoms with E-state index in [1.165, 1.54) is 4.90 Å². The Morgan fingerprint density at radius 3 is 2.23 bits per heavy atom. The van der Waals surface area contributed by atoms with E-state index < -0.39 is 17.7 Å². The molecule has 0 spiro atoms. The Bertz CT molecular complexity index is 949. The van der Waals surface area contributed by atoms with Crippen molar-refractivity contribution in [1.82, 2.24) is 4.90 Å². The lowest BCUT2D eigenvalue weighted by molar-refractivity contribution is -0.140. The second-order valence-electron chi connectivity index (χ2n) is 7.28. The zero-order valence-corrected chi connectivity index (χ0v) is 17.3. The van der Waals surface area contributed by atoms with Gasteiger partial charge in [0.15, 0.2) is 0 Å². The average molecular weight is 410 g/mol. The Morgan fingerprint density at radius 2 is 1.70 bits per heavy atom. The van der Waals surface area contributed by atoms with Gasteiger partial charge in [-0.2, -0.15) is 0 Å². The lowest BCUT2D eigenvalue weighted by Crippen LogP contribution is -2.31. The second kappa shape index (κ2) is 9.00. The Kier molecular flexibility index (Phi) is 6.42.